The molecule has 2 fully saturated rings. The molecule has 3 heterocycles. The first-order valence-corrected chi connectivity index (χ1v) is 12.2. The van der Waals surface area contributed by atoms with Gasteiger partial charge >= 0.3 is 6.09 Å². The average Bonchev–Trinajstić information content (AvgIpc) is 3.39. The van der Waals surface area contributed by atoms with Crippen molar-refractivity contribution in [3.05, 3.63) is 36.0 Å². The van der Waals surface area contributed by atoms with Gasteiger partial charge in [-0.3, -0.25) is 9.69 Å². The Morgan fingerprint density at radius 1 is 1.06 bits per heavy atom. The number of hydrogen-bond donors (Lipinski definition) is 0. The second-order valence-corrected chi connectivity index (χ2v) is 10.6. The lowest BCUT2D eigenvalue weighted by atomic mass is 10.1. The van der Waals surface area contributed by atoms with Crippen LogP contribution >= 0.6 is 0 Å². The van der Waals surface area contributed by atoms with Crippen LogP contribution in [0.1, 0.15) is 57.8 Å². The lowest BCUT2D eigenvalue weighted by Gasteiger charge is -2.37. The minimum atomic E-state index is -0.491. The minimum Gasteiger partial charge on any atom is -0.444 e. The zero-order valence-corrected chi connectivity index (χ0v) is 20.7. The van der Waals surface area contributed by atoms with Gasteiger partial charge in [-0.25, -0.2) is 4.79 Å². The highest BCUT2D eigenvalue weighted by molar-refractivity contribution is 5.98. The van der Waals surface area contributed by atoms with Crippen molar-refractivity contribution in [3.63, 3.8) is 0 Å². The first-order valence-electron chi connectivity index (χ1n) is 12.2. The number of aromatic nitrogens is 1. The SMILES string of the molecule is CC(C)N1CCN(C(=O)c2ccc3c(ccn3C[C@@H]3CCCN3C(=O)OC(C)(C)C)c2)CC1. The summed E-state index contributed by atoms with van der Waals surface area (Å²) < 4.78 is 7.80. The summed E-state index contributed by atoms with van der Waals surface area (Å²) in [6.45, 7) is 15.0. The van der Waals surface area contributed by atoms with Crippen LogP contribution in [0.25, 0.3) is 10.9 Å². The van der Waals surface area contributed by atoms with Crippen LogP contribution in [-0.4, -0.2) is 81.7 Å². The first kappa shape index (κ1) is 23.6. The Morgan fingerprint density at radius 2 is 1.79 bits per heavy atom. The number of amides is 2. The molecule has 4 rings (SSSR count). The summed E-state index contributed by atoms with van der Waals surface area (Å²) in [7, 11) is 0. The van der Waals surface area contributed by atoms with Crippen LogP contribution in [-0.2, 0) is 11.3 Å². The van der Waals surface area contributed by atoms with Crippen molar-refractivity contribution < 1.29 is 14.3 Å². The zero-order chi connectivity index (χ0) is 23.8. The average molecular weight is 455 g/mol. The van der Waals surface area contributed by atoms with Gasteiger partial charge in [0.25, 0.3) is 5.91 Å². The second kappa shape index (κ2) is 9.37. The second-order valence-electron chi connectivity index (χ2n) is 10.6. The normalized spacial score (nSPS) is 20.1. The molecule has 0 spiro atoms. The third kappa shape index (κ3) is 5.35. The molecule has 2 aromatic rings. The van der Waals surface area contributed by atoms with Crippen molar-refractivity contribution >= 4 is 22.9 Å². The standard InChI is InChI=1S/C26H38N4O3/c1-19(2)27-13-15-28(16-14-27)24(31)21-8-9-23-20(17-21)10-12-29(23)18-22-7-6-11-30(22)25(32)33-26(3,4)5/h8-10,12,17,19,22H,6-7,11,13-16,18H2,1-5H3/t22-/m0/s1. The van der Waals surface area contributed by atoms with E-state index in [0.717, 1.165) is 68.6 Å². The number of benzene rings is 1. The molecule has 2 saturated heterocycles. The number of likely N-dealkylation sites (tertiary alicyclic amines) is 1. The Hall–Kier alpha value is -2.54. The summed E-state index contributed by atoms with van der Waals surface area (Å²) in [5.41, 5.74) is 1.34. The van der Waals surface area contributed by atoms with Crippen molar-refractivity contribution in [1.82, 2.24) is 19.3 Å². The molecular formula is C26H38N4O3. The molecule has 0 saturated carbocycles. The van der Waals surface area contributed by atoms with E-state index in [4.69, 9.17) is 4.74 Å². The molecule has 33 heavy (non-hydrogen) atoms. The fraction of sp³-hybridized carbons (Fsp3) is 0.615. The zero-order valence-electron chi connectivity index (χ0n) is 20.7. The number of nitrogens with zero attached hydrogens (tertiary/aromatic N) is 4. The fourth-order valence-electron chi connectivity index (χ4n) is 4.93. The van der Waals surface area contributed by atoms with E-state index in [1.807, 2.05) is 48.8 Å². The number of carbonyl (C=O) groups excluding carboxylic acids is 2. The maximum absolute atomic E-state index is 13.1. The van der Waals surface area contributed by atoms with Crippen LogP contribution < -0.4 is 0 Å². The van der Waals surface area contributed by atoms with Gasteiger partial charge in [0, 0.05) is 68.0 Å². The molecule has 1 aromatic heterocycles. The lowest BCUT2D eigenvalue weighted by Crippen LogP contribution is -2.50. The van der Waals surface area contributed by atoms with Gasteiger partial charge in [0.05, 0.1) is 6.04 Å². The number of carbonyl (C=O) groups is 2. The molecule has 0 unspecified atom stereocenters. The lowest BCUT2D eigenvalue weighted by molar-refractivity contribution is 0.0215. The van der Waals surface area contributed by atoms with Gasteiger partial charge in [0.15, 0.2) is 0 Å². The number of fused-ring (bicyclic) bond motifs is 1. The Bertz CT molecular complexity index is 999. The van der Waals surface area contributed by atoms with E-state index >= 15 is 0 Å². The van der Waals surface area contributed by atoms with Crippen LogP contribution in [0.15, 0.2) is 30.5 Å². The smallest absolute Gasteiger partial charge is 0.410 e. The topological polar surface area (TPSA) is 58.0 Å². The molecule has 0 aliphatic carbocycles. The molecule has 1 aromatic carbocycles. The van der Waals surface area contributed by atoms with Crippen LogP contribution in [0, 0.1) is 0 Å². The number of piperazine rings is 1. The summed E-state index contributed by atoms with van der Waals surface area (Å²) in [6.07, 6.45) is 3.79. The predicted molar refractivity (Wildman–Crippen MR) is 131 cm³/mol. The van der Waals surface area contributed by atoms with E-state index in [1.165, 1.54) is 0 Å². The third-order valence-electron chi connectivity index (χ3n) is 6.76. The van der Waals surface area contributed by atoms with Crippen molar-refractivity contribution in [2.45, 2.75) is 71.7 Å². The van der Waals surface area contributed by atoms with Gasteiger partial charge in [0.2, 0.25) is 0 Å². The van der Waals surface area contributed by atoms with Crippen LogP contribution in [0.5, 0.6) is 0 Å². The largest absolute Gasteiger partial charge is 0.444 e. The quantitative estimate of drug-likeness (QED) is 0.695. The van der Waals surface area contributed by atoms with Gasteiger partial charge in [-0.05, 0) is 71.7 Å². The molecule has 1 atom stereocenters. The maximum Gasteiger partial charge on any atom is 0.410 e. The third-order valence-corrected chi connectivity index (χ3v) is 6.76. The Kier molecular flexibility index (Phi) is 6.71. The molecule has 7 nitrogen and oxygen atoms in total. The summed E-state index contributed by atoms with van der Waals surface area (Å²) in [5.74, 6) is 0.111. The molecule has 2 aliphatic rings. The van der Waals surface area contributed by atoms with Crippen molar-refractivity contribution in [2.75, 3.05) is 32.7 Å². The predicted octanol–water partition coefficient (Wildman–Crippen LogP) is 4.21. The van der Waals surface area contributed by atoms with Crippen LogP contribution in [0.4, 0.5) is 4.79 Å². The van der Waals surface area contributed by atoms with Crippen LogP contribution in [0.3, 0.4) is 0 Å². The van der Waals surface area contributed by atoms with Gasteiger partial charge in [-0.2, -0.15) is 0 Å². The summed E-state index contributed by atoms with van der Waals surface area (Å²) >= 11 is 0. The monoisotopic (exact) mass is 454 g/mol. The molecule has 0 radical (unpaired) electrons. The summed E-state index contributed by atoms with van der Waals surface area (Å²) in [4.78, 5) is 32.0. The molecule has 7 heteroatoms. The van der Waals surface area contributed by atoms with E-state index < -0.39 is 5.60 Å². The molecule has 180 valence electrons. The van der Waals surface area contributed by atoms with E-state index in [9.17, 15) is 9.59 Å². The minimum absolute atomic E-state index is 0.111. The molecule has 0 bridgehead atoms. The summed E-state index contributed by atoms with van der Waals surface area (Å²) in [5, 5.41) is 1.06. The Morgan fingerprint density at radius 3 is 2.45 bits per heavy atom. The Labute approximate surface area is 197 Å². The van der Waals surface area contributed by atoms with Gasteiger partial charge in [-0.1, -0.05) is 0 Å². The molecule has 2 aliphatic heterocycles. The number of ether oxygens (including phenoxy) is 1. The van der Waals surface area contributed by atoms with Gasteiger partial charge < -0.3 is 19.1 Å². The molecule has 2 amide bonds. The van der Waals surface area contributed by atoms with Gasteiger partial charge in [0.1, 0.15) is 5.60 Å². The van der Waals surface area contributed by atoms with Crippen LogP contribution in [0.2, 0.25) is 0 Å². The van der Waals surface area contributed by atoms with E-state index in [2.05, 4.69) is 35.6 Å². The highest BCUT2D eigenvalue weighted by Gasteiger charge is 2.32. The molecular weight excluding hydrogens is 416 g/mol. The van der Waals surface area contributed by atoms with E-state index in [-0.39, 0.29) is 18.0 Å². The Balaban J connectivity index is 1.44. The van der Waals surface area contributed by atoms with E-state index in [0.29, 0.717) is 6.04 Å². The maximum atomic E-state index is 13.1. The highest BCUT2D eigenvalue weighted by Crippen LogP contribution is 2.25. The number of rotatable bonds is 4. The summed E-state index contributed by atoms with van der Waals surface area (Å²) in [6, 6.07) is 8.69. The van der Waals surface area contributed by atoms with Crippen molar-refractivity contribution in [2.24, 2.45) is 0 Å². The highest BCUT2D eigenvalue weighted by atomic mass is 16.6. The van der Waals surface area contributed by atoms with Crippen molar-refractivity contribution in [1.29, 1.82) is 0 Å². The van der Waals surface area contributed by atoms with E-state index in [1.54, 1.807) is 0 Å². The molecule has 0 N–H and O–H groups in total. The fourth-order valence-corrected chi connectivity index (χ4v) is 4.93. The first-order chi connectivity index (χ1) is 15.6. The number of hydrogen-bond acceptors (Lipinski definition) is 4. The van der Waals surface area contributed by atoms with Crippen molar-refractivity contribution in [3.8, 4) is 0 Å². The van der Waals surface area contributed by atoms with Gasteiger partial charge in [-0.15, -0.1) is 0 Å².